The summed E-state index contributed by atoms with van der Waals surface area (Å²) in [5.41, 5.74) is 1.41. The molecule has 0 aliphatic heterocycles. The van der Waals surface area contributed by atoms with E-state index in [-0.39, 0.29) is 22.5 Å². The number of anilines is 1. The van der Waals surface area contributed by atoms with Crippen molar-refractivity contribution < 1.29 is 14.4 Å². The minimum absolute atomic E-state index is 0.254. The maximum atomic E-state index is 12.6. The van der Waals surface area contributed by atoms with Gasteiger partial charge in [-0.1, -0.05) is 46.7 Å². The zero-order valence-electron chi connectivity index (χ0n) is 15.4. The fourth-order valence-corrected chi connectivity index (χ4v) is 2.52. The Kier molecular flexibility index (Phi) is 4.48. The quantitative estimate of drug-likeness (QED) is 0.848. The number of hydrogen-bond donors (Lipinski definition) is 2. The van der Waals surface area contributed by atoms with Crippen LogP contribution in [0.25, 0.3) is 0 Å². The molecule has 130 valence electrons. The first-order valence-corrected chi connectivity index (χ1v) is 8.02. The lowest BCUT2D eigenvalue weighted by atomic mass is 9.78. The molecule has 2 aromatic rings. The van der Waals surface area contributed by atoms with Crippen LogP contribution in [0.3, 0.4) is 0 Å². The van der Waals surface area contributed by atoms with Crippen molar-refractivity contribution in [3.63, 3.8) is 0 Å². The van der Waals surface area contributed by atoms with Crippen molar-refractivity contribution in [3.05, 3.63) is 40.6 Å². The molecule has 0 saturated heterocycles. The molecule has 0 aliphatic rings. The van der Waals surface area contributed by atoms with Crippen molar-refractivity contribution >= 4 is 11.7 Å². The van der Waals surface area contributed by atoms with Gasteiger partial charge in [-0.25, -0.2) is 0 Å². The normalized spacial score (nSPS) is 12.3. The highest BCUT2D eigenvalue weighted by atomic mass is 16.5. The molecule has 5 heteroatoms. The minimum Gasteiger partial charge on any atom is -0.507 e. The van der Waals surface area contributed by atoms with Gasteiger partial charge in [0.2, 0.25) is 0 Å². The van der Waals surface area contributed by atoms with Gasteiger partial charge in [0.05, 0.1) is 0 Å². The van der Waals surface area contributed by atoms with E-state index in [0.29, 0.717) is 17.1 Å². The number of amides is 1. The lowest BCUT2D eigenvalue weighted by molar-refractivity contribution is 0.102. The molecule has 2 rings (SSSR count). The van der Waals surface area contributed by atoms with E-state index in [1.54, 1.807) is 25.1 Å². The fourth-order valence-electron chi connectivity index (χ4n) is 2.52. The second-order valence-electron chi connectivity index (χ2n) is 8.20. The van der Waals surface area contributed by atoms with Crippen molar-refractivity contribution in [2.24, 2.45) is 0 Å². The summed E-state index contributed by atoms with van der Waals surface area (Å²) in [7, 11) is 0. The largest absolute Gasteiger partial charge is 0.507 e. The Hall–Kier alpha value is -2.30. The minimum atomic E-state index is -0.287. The molecule has 0 saturated carbocycles. The number of rotatable bonds is 2. The summed E-state index contributed by atoms with van der Waals surface area (Å²) in [4.78, 5) is 12.6. The van der Waals surface area contributed by atoms with Crippen LogP contribution in [0.15, 0.2) is 22.7 Å². The number of nitrogens with zero attached hydrogens (tertiary/aromatic N) is 1. The third-order valence-corrected chi connectivity index (χ3v) is 3.86. The summed E-state index contributed by atoms with van der Waals surface area (Å²) in [5.74, 6) is 0.977. The molecule has 1 aromatic heterocycles. The van der Waals surface area contributed by atoms with E-state index in [0.717, 1.165) is 11.1 Å². The van der Waals surface area contributed by atoms with Crippen LogP contribution in [0.4, 0.5) is 5.82 Å². The van der Waals surface area contributed by atoms with E-state index in [1.165, 1.54) is 0 Å². The summed E-state index contributed by atoms with van der Waals surface area (Å²) in [6.07, 6.45) is 0. The van der Waals surface area contributed by atoms with Gasteiger partial charge in [0.15, 0.2) is 5.82 Å². The number of phenolic OH excluding ortho intramolecular Hbond substituents is 1. The molecule has 24 heavy (non-hydrogen) atoms. The van der Waals surface area contributed by atoms with E-state index in [4.69, 9.17) is 4.52 Å². The highest BCUT2D eigenvalue weighted by Gasteiger charge is 2.28. The summed E-state index contributed by atoms with van der Waals surface area (Å²) in [6.45, 7) is 13.8. The Morgan fingerprint density at radius 2 is 1.54 bits per heavy atom. The maximum Gasteiger partial charge on any atom is 0.256 e. The highest BCUT2D eigenvalue weighted by Crippen LogP contribution is 2.39. The molecule has 0 fully saturated rings. The van der Waals surface area contributed by atoms with E-state index in [1.807, 2.05) is 41.5 Å². The summed E-state index contributed by atoms with van der Waals surface area (Å²) >= 11 is 0. The standard InChI is InChI=1S/C19H26N2O3/c1-11-8-15(21-24-11)20-17(23)12-9-13(18(2,3)4)16(22)14(10-12)19(5,6)7/h8-10,22H,1-7H3,(H,20,21,23). The second-order valence-corrected chi connectivity index (χ2v) is 8.20. The first-order valence-electron chi connectivity index (χ1n) is 8.02. The van der Waals surface area contributed by atoms with Gasteiger partial charge < -0.3 is 14.9 Å². The molecule has 0 bridgehead atoms. The number of hydrogen-bond acceptors (Lipinski definition) is 4. The predicted octanol–water partition coefficient (Wildman–Crippen LogP) is 4.54. The molecular weight excluding hydrogens is 304 g/mol. The van der Waals surface area contributed by atoms with Crippen LogP contribution in [0.2, 0.25) is 0 Å². The Bertz CT molecular complexity index is 727. The SMILES string of the molecule is Cc1cc(NC(=O)c2cc(C(C)(C)C)c(O)c(C(C)(C)C)c2)no1. The average Bonchev–Trinajstić information content (AvgIpc) is 2.81. The van der Waals surface area contributed by atoms with Crippen molar-refractivity contribution in [1.82, 2.24) is 5.16 Å². The smallest absolute Gasteiger partial charge is 0.256 e. The number of aryl methyl sites for hydroxylation is 1. The van der Waals surface area contributed by atoms with Crippen molar-refractivity contribution in [2.45, 2.75) is 59.3 Å². The zero-order chi connectivity index (χ0) is 18.3. The van der Waals surface area contributed by atoms with Crippen LogP contribution in [0.5, 0.6) is 5.75 Å². The number of benzene rings is 1. The van der Waals surface area contributed by atoms with Crippen LogP contribution in [-0.4, -0.2) is 16.2 Å². The monoisotopic (exact) mass is 330 g/mol. The molecule has 1 heterocycles. The topological polar surface area (TPSA) is 75.4 Å². The molecule has 5 nitrogen and oxygen atoms in total. The van der Waals surface area contributed by atoms with Gasteiger partial charge in [0.1, 0.15) is 11.5 Å². The van der Waals surface area contributed by atoms with Crippen LogP contribution < -0.4 is 5.32 Å². The third-order valence-electron chi connectivity index (χ3n) is 3.86. The molecule has 0 aliphatic carbocycles. The van der Waals surface area contributed by atoms with E-state index < -0.39 is 0 Å². The predicted molar refractivity (Wildman–Crippen MR) is 94.7 cm³/mol. The number of carbonyl (C=O) groups excluding carboxylic acids is 1. The maximum absolute atomic E-state index is 12.6. The zero-order valence-corrected chi connectivity index (χ0v) is 15.4. The highest BCUT2D eigenvalue weighted by molar-refractivity contribution is 6.04. The Balaban J connectivity index is 2.51. The summed E-state index contributed by atoms with van der Waals surface area (Å²) in [5, 5.41) is 17.2. The number of aromatic hydroxyl groups is 1. The molecule has 0 spiro atoms. The van der Waals surface area contributed by atoms with Crippen LogP contribution >= 0.6 is 0 Å². The molecule has 0 atom stereocenters. The summed E-state index contributed by atoms with van der Waals surface area (Å²) < 4.78 is 4.97. The van der Waals surface area contributed by atoms with Crippen molar-refractivity contribution in [2.75, 3.05) is 5.32 Å². The first-order chi connectivity index (χ1) is 10.9. The fraction of sp³-hybridized carbons (Fsp3) is 0.474. The lowest BCUT2D eigenvalue weighted by Gasteiger charge is -2.28. The van der Waals surface area contributed by atoms with Gasteiger partial charge in [-0.05, 0) is 29.9 Å². The van der Waals surface area contributed by atoms with Gasteiger partial charge in [-0.2, -0.15) is 0 Å². The molecular formula is C19H26N2O3. The van der Waals surface area contributed by atoms with E-state index in [9.17, 15) is 9.90 Å². The van der Waals surface area contributed by atoms with E-state index in [2.05, 4.69) is 10.5 Å². The first kappa shape index (κ1) is 18.0. The Morgan fingerprint density at radius 1 is 1.04 bits per heavy atom. The Labute approximate surface area is 143 Å². The molecule has 1 amide bonds. The number of carbonyl (C=O) groups is 1. The molecule has 2 N–H and O–H groups in total. The van der Waals surface area contributed by atoms with Crippen LogP contribution in [0, 0.1) is 6.92 Å². The van der Waals surface area contributed by atoms with Crippen LogP contribution in [0.1, 0.15) is 68.8 Å². The Morgan fingerprint density at radius 3 is 1.92 bits per heavy atom. The molecule has 0 unspecified atom stereocenters. The van der Waals surface area contributed by atoms with Crippen molar-refractivity contribution in [3.8, 4) is 5.75 Å². The molecule has 0 radical (unpaired) electrons. The van der Waals surface area contributed by atoms with Crippen LogP contribution in [-0.2, 0) is 10.8 Å². The van der Waals surface area contributed by atoms with Gasteiger partial charge >= 0.3 is 0 Å². The third kappa shape index (κ3) is 3.78. The lowest BCUT2D eigenvalue weighted by Crippen LogP contribution is -2.20. The van der Waals surface area contributed by atoms with Gasteiger partial charge in [0, 0.05) is 22.8 Å². The number of nitrogens with one attached hydrogen (secondary N) is 1. The van der Waals surface area contributed by atoms with Crippen molar-refractivity contribution in [1.29, 1.82) is 0 Å². The van der Waals surface area contributed by atoms with E-state index >= 15 is 0 Å². The van der Waals surface area contributed by atoms with Gasteiger partial charge in [-0.15, -0.1) is 0 Å². The molecule has 1 aromatic carbocycles. The van der Waals surface area contributed by atoms with Gasteiger partial charge in [0.25, 0.3) is 5.91 Å². The summed E-state index contributed by atoms with van der Waals surface area (Å²) in [6, 6.07) is 5.15. The number of aromatic nitrogens is 1. The number of phenols is 1. The second kappa shape index (κ2) is 5.96. The van der Waals surface area contributed by atoms with Gasteiger partial charge in [-0.3, -0.25) is 4.79 Å². The average molecular weight is 330 g/mol.